The number of ether oxygens (including phenoxy) is 1. The fourth-order valence-electron chi connectivity index (χ4n) is 3.40. The number of hydrogen-bond donors (Lipinski definition) is 1. The van der Waals surface area contributed by atoms with Crippen LogP contribution in [0.15, 0.2) is 77.4 Å². The number of carbonyl (C=O) groups excluding carboxylic acids is 1. The largest absolute Gasteiger partial charge is 0.496 e. The lowest BCUT2D eigenvalue weighted by atomic mass is 10.1. The number of fused-ring (bicyclic) bond motifs is 1. The second-order valence-corrected chi connectivity index (χ2v) is 6.59. The molecule has 1 amide bonds. The molecule has 5 heteroatoms. The Kier molecular flexibility index (Phi) is 5.15. The Hall–Kier alpha value is -3.47. The van der Waals surface area contributed by atoms with Gasteiger partial charge in [0, 0.05) is 24.2 Å². The molecular weight excluding hydrogens is 352 g/mol. The Bertz CT molecular complexity index is 1080. The first-order chi connectivity index (χ1) is 13.8. The quantitative estimate of drug-likeness (QED) is 0.526. The van der Waals surface area contributed by atoms with E-state index in [4.69, 9.17) is 9.15 Å². The lowest BCUT2D eigenvalue weighted by Crippen LogP contribution is -2.28. The second kappa shape index (κ2) is 8.05. The number of carbonyl (C=O) groups is 1. The average molecular weight is 374 g/mol. The summed E-state index contributed by atoms with van der Waals surface area (Å²) in [6, 6.07) is 21.6. The van der Waals surface area contributed by atoms with Gasteiger partial charge >= 0.3 is 0 Å². The monoisotopic (exact) mass is 374 g/mol. The number of rotatable bonds is 7. The average Bonchev–Trinajstić information content (AvgIpc) is 3.32. The van der Waals surface area contributed by atoms with Crippen molar-refractivity contribution in [3.8, 4) is 5.75 Å². The molecule has 0 aliphatic rings. The zero-order valence-corrected chi connectivity index (χ0v) is 15.7. The van der Waals surface area contributed by atoms with Crippen LogP contribution in [0.2, 0.25) is 0 Å². The number of benzene rings is 2. The Balaban J connectivity index is 1.56. The first-order valence-electron chi connectivity index (χ1n) is 9.27. The van der Waals surface area contributed by atoms with E-state index < -0.39 is 0 Å². The van der Waals surface area contributed by atoms with Crippen molar-refractivity contribution in [3.05, 3.63) is 89.8 Å². The van der Waals surface area contributed by atoms with Crippen LogP contribution in [0.1, 0.15) is 21.6 Å². The molecule has 0 fully saturated rings. The summed E-state index contributed by atoms with van der Waals surface area (Å²) in [4.78, 5) is 12.9. The van der Waals surface area contributed by atoms with E-state index in [9.17, 15) is 4.79 Å². The number of hydrogen-bond acceptors (Lipinski definition) is 3. The number of nitrogens with zero attached hydrogens (tertiary/aromatic N) is 1. The van der Waals surface area contributed by atoms with Crippen molar-refractivity contribution < 1.29 is 13.9 Å². The molecule has 0 saturated carbocycles. The molecule has 0 radical (unpaired) electrons. The summed E-state index contributed by atoms with van der Waals surface area (Å²) < 4.78 is 13.0. The van der Waals surface area contributed by atoms with Gasteiger partial charge in [-0.15, -0.1) is 0 Å². The van der Waals surface area contributed by atoms with Crippen LogP contribution in [0.25, 0.3) is 11.1 Å². The molecule has 142 valence electrons. The molecule has 1 N–H and O–H groups in total. The third kappa shape index (κ3) is 3.64. The fraction of sp³-hybridized carbons (Fsp3) is 0.174. The van der Waals surface area contributed by atoms with Gasteiger partial charge in [-0.05, 0) is 18.1 Å². The van der Waals surface area contributed by atoms with Crippen molar-refractivity contribution in [2.24, 2.45) is 0 Å². The molecule has 0 atom stereocenters. The molecule has 2 aromatic heterocycles. The first-order valence-corrected chi connectivity index (χ1v) is 9.27. The molecule has 28 heavy (non-hydrogen) atoms. The Labute approximate surface area is 163 Å². The molecular formula is C23H22N2O3. The summed E-state index contributed by atoms with van der Waals surface area (Å²) in [5.41, 5.74) is 4.36. The minimum atomic E-state index is -0.114. The maximum atomic E-state index is 12.9. The van der Waals surface area contributed by atoms with Gasteiger partial charge in [0.15, 0.2) is 5.58 Å². The molecule has 4 rings (SSSR count). The van der Waals surface area contributed by atoms with Gasteiger partial charge in [-0.1, -0.05) is 48.5 Å². The summed E-state index contributed by atoms with van der Waals surface area (Å²) in [6.07, 6.45) is 2.43. The highest BCUT2D eigenvalue weighted by Gasteiger charge is 2.18. The van der Waals surface area contributed by atoms with Gasteiger partial charge in [0.1, 0.15) is 11.4 Å². The van der Waals surface area contributed by atoms with Crippen molar-refractivity contribution in [2.75, 3.05) is 13.7 Å². The van der Waals surface area contributed by atoms with Crippen LogP contribution in [-0.4, -0.2) is 24.1 Å². The van der Waals surface area contributed by atoms with Crippen LogP contribution in [0, 0.1) is 0 Å². The third-order valence-electron chi connectivity index (χ3n) is 4.82. The SMILES string of the molecule is COc1ccccc1Cn1c(C(=O)NCCc2ccccc2)cc2occc21. The summed E-state index contributed by atoms with van der Waals surface area (Å²) in [5, 5.41) is 3.02. The number of aromatic nitrogens is 1. The van der Waals surface area contributed by atoms with E-state index in [2.05, 4.69) is 17.4 Å². The maximum Gasteiger partial charge on any atom is 0.268 e. The third-order valence-corrected chi connectivity index (χ3v) is 4.82. The predicted octanol–water partition coefficient (Wildman–Crippen LogP) is 4.26. The summed E-state index contributed by atoms with van der Waals surface area (Å²) in [6.45, 7) is 1.10. The minimum absolute atomic E-state index is 0.114. The molecule has 0 aliphatic heterocycles. The molecule has 0 saturated heterocycles. The standard InChI is InChI=1S/C23H22N2O3/c1-27-21-10-6-5-9-18(21)16-25-19-12-14-28-22(19)15-20(25)23(26)24-13-11-17-7-3-2-4-8-17/h2-10,12,14-15H,11,13,16H2,1H3,(H,24,26). The lowest BCUT2D eigenvalue weighted by Gasteiger charge is -2.13. The number of furan rings is 1. The highest BCUT2D eigenvalue weighted by molar-refractivity contribution is 5.97. The van der Waals surface area contributed by atoms with Gasteiger partial charge in [-0.25, -0.2) is 0 Å². The summed E-state index contributed by atoms with van der Waals surface area (Å²) >= 11 is 0. The van der Waals surface area contributed by atoms with E-state index >= 15 is 0 Å². The second-order valence-electron chi connectivity index (χ2n) is 6.59. The topological polar surface area (TPSA) is 56.4 Å². The molecule has 2 aromatic carbocycles. The number of para-hydroxylation sites is 1. The highest BCUT2D eigenvalue weighted by Crippen LogP contribution is 2.25. The molecule has 0 bridgehead atoms. The van der Waals surface area contributed by atoms with Gasteiger partial charge in [-0.2, -0.15) is 0 Å². The van der Waals surface area contributed by atoms with Gasteiger partial charge in [0.05, 0.1) is 25.4 Å². The van der Waals surface area contributed by atoms with Crippen molar-refractivity contribution in [2.45, 2.75) is 13.0 Å². The van der Waals surface area contributed by atoms with E-state index in [1.165, 1.54) is 5.56 Å². The van der Waals surface area contributed by atoms with Crippen molar-refractivity contribution in [1.82, 2.24) is 9.88 Å². The number of amides is 1. The predicted molar refractivity (Wildman–Crippen MR) is 109 cm³/mol. The van der Waals surface area contributed by atoms with E-state index in [1.807, 2.05) is 53.1 Å². The molecule has 5 nitrogen and oxygen atoms in total. The van der Waals surface area contributed by atoms with Crippen LogP contribution in [-0.2, 0) is 13.0 Å². The molecule has 0 unspecified atom stereocenters. The van der Waals surface area contributed by atoms with E-state index in [0.717, 1.165) is 23.3 Å². The zero-order chi connectivity index (χ0) is 19.3. The summed E-state index contributed by atoms with van der Waals surface area (Å²) in [5.74, 6) is 0.681. The lowest BCUT2D eigenvalue weighted by molar-refractivity contribution is 0.0945. The molecule has 2 heterocycles. The first kappa shape index (κ1) is 17.9. The van der Waals surface area contributed by atoms with Crippen molar-refractivity contribution in [1.29, 1.82) is 0 Å². The highest BCUT2D eigenvalue weighted by atomic mass is 16.5. The van der Waals surface area contributed by atoms with E-state index in [-0.39, 0.29) is 5.91 Å². The normalized spacial score (nSPS) is 10.9. The van der Waals surface area contributed by atoms with Crippen LogP contribution in [0.4, 0.5) is 0 Å². The summed E-state index contributed by atoms with van der Waals surface area (Å²) in [7, 11) is 1.65. The zero-order valence-electron chi connectivity index (χ0n) is 15.7. The van der Waals surface area contributed by atoms with Gasteiger partial charge in [0.2, 0.25) is 0 Å². The number of nitrogens with one attached hydrogen (secondary N) is 1. The van der Waals surface area contributed by atoms with Crippen LogP contribution < -0.4 is 10.1 Å². The van der Waals surface area contributed by atoms with Gasteiger partial charge in [-0.3, -0.25) is 4.79 Å². The Morgan fingerprint density at radius 1 is 1.07 bits per heavy atom. The van der Waals surface area contributed by atoms with Gasteiger partial charge in [0.25, 0.3) is 5.91 Å². The van der Waals surface area contributed by atoms with Crippen LogP contribution >= 0.6 is 0 Å². The Morgan fingerprint density at radius 2 is 1.86 bits per heavy atom. The van der Waals surface area contributed by atoms with Crippen molar-refractivity contribution in [3.63, 3.8) is 0 Å². The van der Waals surface area contributed by atoms with Crippen LogP contribution in [0.3, 0.4) is 0 Å². The number of methoxy groups -OCH3 is 1. The molecule has 0 spiro atoms. The smallest absolute Gasteiger partial charge is 0.268 e. The minimum Gasteiger partial charge on any atom is -0.496 e. The maximum absolute atomic E-state index is 12.9. The Morgan fingerprint density at radius 3 is 2.68 bits per heavy atom. The van der Waals surface area contributed by atoms with E-state index in [1.54, 1.807) is 19.4 Å². The fourth-order valence-corrected chi connectivity index (χ4v) is 3.40. The van der Waals surface area contributed by atoms with Crippen LogP contribution in [0.5, 0.6) is 5.75 Å². The molecule has 4 aromatic rings. The van der Waals surface area contributed by atoms with E-state index in [0.29, 0.717) is 24.4 Å². The van der Waals surface area contributed by atoms with Gasteiger partial charge < -0.3 is 19.0 Å². The molecule has 0 aliphatic carbocycles. The van der Waals surface area contributed by atoms with Crippen molar-refractivity contribution >= 4 is 17.0 Å².